The average molecular weight is 493 g/mol. The van der Waals surface area contributed by atoms with E-state index in [0.29, 0.717) is 27.9 Å². The Bertz CT molecular complexity index is 1490. The minimum absolute atomic E-state index is 0.0305. The molecule has 0 unspecified atom stereocenters. The Morgan fingerprint density at radius 2 is 1.88 bits per heavy atom. The molecule has 0 aliphatic carbocycles. The molecular formula is C22H13BrN4O5. The van der Waals surface area contributed by atoms with Gasteiger partial charge in [-0.05, 0) is 30.3 Å². The molecule has 5 rings (SSSR count). The lowest BCUT2D eigenvalue weighted by atomic mass is 10.1. The van der Waals surface area contributed by atoms with Crippen LogP contribution < -0.4 is 10.5 Å². The van der Waals surface area contributed by atoms with Crippen LogP contribution in [0.2, 0.25) is 0 Å². The number of hydrogen-bond acceptors (Lipinski definition) is 7. The number of fused-ring (bicyclic) bond motifs is 2. The highest BCUT2D eigenvalue weighted by Gasteiger charge is 2.35. The molecule has 9 nitrogen and oxygen atoms in total. The number of benzene rings is 2. The number of carbonyl (C=O) groups is 3. The Hall–Kier alpha value is -3.92. The molecule has 0 saturated heterocycles. The van der Waals surface area contributed by atoms with E-state index in [-0.39, 0.29) is 18.7 Å². The van der Waals surface area contributed by atoms with Crippen LogP contribution in [0.3, 0.4) is 0 Å². The molecule has 4 aromatic rings. The molecule has 2 aromatic heterocycles. The number of anilines is 1. The van der Waals surface area contributed by atoms with E-state index in [4.69, 9.17) is 4.42 Å². The topological polar surface area (TPSA) is 115 Å². The molecule has 10 heteroatoms. The highest BCUT2D eigenvalue weighted by atomic mass is 79.9. The number of halogens is 1. The molecule has 0 fully saturated rings. The lowest BCUT2D eigenvalue weighted by molar-refractivity contribution is -0.114. The summed E-state index contributed by atoms with van der Waals surface area (Å²) in [6, 6.07) is 13.4. The number of aromatic nitrogens is 3. The van der Waals surface area contributed by atoms with Gasteiger partial charge in [-0.25, -0.2) is 9.48 Å². The molecule has 2 aromatic carbocycles. The normalized spacial score (nSPS) is 13.1. The van der Waals surface area contributed by atoms with E-state index in [9.17, 15) is 19.2 Å². The van der Waals surface area contributed by atoms with Crippen molar-refractivity contribution >= 4 is 50.1 Å². The minimum atomic E-state index is -0.737. The van der Waals surface area contributed by atoms with Crippen LogP contribution in [0, 0.1) is 0 Å². The van der Waals surface area contributed by atoms with Gasteiger partial charge in [0.25, 0.3) is 11.7 Å². The second-order valence-corrected chi connectivity index (χ2v) is 8.11. The molecule has 0 saturated carbocycles. The fourth-order valence-electron chi connectivity index (χ4n) is 3.57. The first-order chi connectivity index (χ1) is 15.4. The fourth-order valence-corrected chi connectivity index (χ4v) is 3.91. The molecular weight excluding hydrogens is 480 g/mol. The number of Topliss-reactive ketones (excluding diaryl/α,β-unsaturated/α-hetero) is 2. The van der Waals surface area contributed by atoms with Crippen LogP contribution in [-0.2, 0) is 17.9 Å². The third-order valence-electron chi connectivity index (χ3n) is 5.09. The first-order valence-electron chi connectivity index (χ1n) is 9.51. The van der Waals surface area contributed by atoms with Crippen LogP contribution >= 0.6 is 15.9 Å². The van der Waals surface area contributed by atoms with E-state index >= 15 is 0 Å². The van der Waals surface area contributed by atoms with Gasteiger partial charge < -0.3 is 4.42 Å². The highest BCUT2D eigenvalue weighted by molar-refractivity contribution is 9.10. The Morgan fingerprint density at radius 1 is 1.06 bits per heavy atom. The highest BCUT2D eigenvalue weighted by Crippen LogP contribution is 2.29. The molecule has 0 radical (unpaired) electrons. The number of amides is 1. The summed E-state index contributed by atoms with van der Waals surface area (Å²) >= 11 is 3.31. The fraction of sp³-hybridized carbons (Fsp3) is 0.0909. The van der Waals surface area contributed by atoms with Crippen LogP contribution in [0.15, 0.2) is 68.4 Å². The quantitative estimate of drug-likeness (QED) is 0.239. The number of ketones is 2. The molecule has 0 spiro atoms. The van der Waals surface area contributed by atoms with Gasteiger partial charge in [0.2, 0.25) is 0 Å². The van der Waals surface area contributed by atoms with Crippen molar-refractivity contribution in [3.63, 3.8) is 0 Å². The van der Waals surface area contributed by atoms with Gasteiger partial charge >= 0.3 is 5.63 Å². The van der Waals surface area contributed by atoms with Crippen LogP contribution in [-0.4, -0.2) is 32.5 Å². The van der Waals surface area contributed by atoms with Gasteiger partial charge in [-0.15, -0.1) is 5.10 Å². The van der Waals surface area contributed by atoms with Crippen molar-refractivity contribution in [2.45, 2.75) is 13.1 Å². The van der Waals surface area contributed by atoms with Crippen molar-refractivity contribution in [2.75, 3.05) is 4.90 Å². The van der Waals surface area contributed by atoms with E-state index in [1.165, 1.54) is 21.8 Å². The molecule has 3 heterocycles. The molecule has 1 aliphatic rings. The van der Waals surface area contributed by atoms with Crippen LogP contribution in [0.1, 0.15) is 26.4 Å². The van der Waals surface area contributed by atoms with Gasteiger partial charge in [0.05, 0.1) is 24.0 Å². The Kier molecular flexibility index (Phi) is 4.78. The van der Waals surface area contributed by atoms with E-state index in [1.807, 2.05) is 0 Å². The Balaban J connectivity index is 1.35. The lowest BCUT2D eigenvalue weighted by Crippen LogP contribution is -2.29. The van der Waals surface area contributed by atoms with Gasteiger partial charge in [-0.3, -0.25) is 19.3 Å². The van der Waals surface area contributed by atoms with Crippen LogP contribution in [0.5, 0.6) is 0 Å². The summed E-state index contributed by atoms with van der Waals surface area (Å²) in [6.07, 6.45) is 1.50. The number of nitrogens with zero attached hydrogens (tertiary/aromatic N) is 4. The molecule has 32 heavy (non-hydrogen) atoms. The average Bonchev–Trinajstić information content (AvgIpc) is 3.31. The summed E-state index contributed by atoms with van der Waals surface area (Å²) in [7, 11) is 0. The van der Waals surface area contributed by atoms with Crippen molar-refractivity contribution in [2.24, 2.45) is 0 Å². The first-order valence-corrected chi connectivity index (χ1v) is 10.3. The molecule has 1 amide bonds. The molecule has 1 aliphatic heterocycles. The maximum Gasteiger partial charge on any atom is 0.347 e. The second-order valence-electron chi connectivity index (χ2n) is 7.20. The molecule has 158 valence electrons. The number of para-hydroxylation sites is 1. The van der Waals surface area contributed by atoms with Crippen molar-refractivity contribution in [1.29, 1.82) is 0 Å². The van der Waals surface area contributed by atoms with Gasteiger partial charge in [0.1, 0.15) is 23.4 Å². The number of rotatable bonds is 5. The third kappa shape index (κ3) is 3.44. The zero-order valence-corrected chi connectivity index (χ0v) is 17.9. The van der Waals surface area contributed by atoms with E-state index in [2.05, 4.69) is 26.2 Å². The summed E-state index contributed by atoms with van der Waals surface area (Å²) in [5.41, 5.74) is 0.786. The van der Waals surface area contributed by atoms with Gasteiger partial charge in [0.15, 0.2) is 5.78 Å². The third-order valence-corrected chi connectivity index (χ3v) is 5.58. The predicted octanol–water partition coefficient (Wildman–Crippen LogP) is 2.76. The first kappa shape index (κ1) is 20.0. The second kappa shape index (κ2) is 7.65. The summed E-state index contributed by atoms with van der Waals surface area (Å²) in [5, 5.41) is 8.52. The smallest absolute Gasteiger partial charge is 0.347 e. The maximum absolute atomic E-state index is 12.7. The standard InChI is InChI=1S/C22H13BrN4O5/c23-13-6-5-12-7-16(22(31)32-19(12)8-13)18(28)11-26-9-14(24-25-26)10-27-17-4-2-1-3-15(17)20(29)21(27)30/h1-9H,10-11H2. The van der Waals surface area contributed by atoms with Gasteiger partial charge in [-0.1, -0.05) is 39.3 Å². The van der Waals surface area contributed by atoms with Crippen molar-refractivity contribution in [3.05, 3.63) is 86.4 Å². The van der Waals surface area contributed by atoms with Gasteiger partial charge in [0, 0.05) is 9.86 Å². The van der Waals surface area contributed by atoms with E-state index < -0.39 is 23.1 Å². The zero-order chi connectivity index (χ0) is 22.4. The summed E-state index contributed by atoms with van der Waals surface area (Å²) in [6.45, 7) is -0.202. The van der Waals surface area contributed by atoms with Crippen LogP contribution in [0.4, 0.5) is 5.69 Å². The van der Waals surface area contributed by atoms with E-state index in [0.717, 1.165) is 4.47 Å². The summed E-state index contributed by atoms with van der Waals surface area (Å²) in [5.74, 6) is -1.70. The number of carbonyl (C=O) groups excluding carboxylic acids is 3. The molecule has 0 bridgehead atoms. The van der Waals surface area contributed by atoms with Crippen molar-refractivity contribution in [3.8, 4) is 0 Å². The molecule has 0 N–H and O–H groups in total. The van der Waals surface area contributed by atoms with Crippen LogP contribution in [0.25, 0.3) is 11.0 Å². The summed E-state index contributed by atoms with van der Waals surface area (Å²) in [4.78, 5) is 50.7. The minimum Gasteiger partial charge on any atom is -0.422 e. The number of hydrogen-bond donors (Lipinski definition) is 0. The van der Waals surface area contributed by atoms with Crippen molar-refractivity contribution in [1.82, 2.24) is 15.0 Å². The Morgan fingerprint density at radius 3 is 2.72 bits per heavy atom. The summed E-state index contributed by atoms with van der Waals surface area (Å²) < 4.78 is 7.28. The lowest BCUT2D eigenvalue weighted by Gasteiger charge is -2.14. The predicted molar refractivity (Wildman–Crippen MR) is 116 cm³/mol. The van der Waals surface area contributed by atoms with Gasteiger partial charge in [-0.2, -0.15) is 0 Å². The zero-order valence-electron chi connectivity index (χ0n) is 16.3. The maximum atomic E-state index is 12.7. The monoisotopic (exact) mass is 492 g/mol. The Labute approximate surface area is 188 Å². The van der Waals surface area contributed by atoms with Crippen molar-refractivity contribution < 1.29 is 18.8 Å². The SMILES string of the molecule is O=C1C(=O)N(Cc2cn(CC(=O)c3cc4ccc(Br)cc4oc3=O)nn2)c2ccccc21. The van der Waals surface area contributed by atoms with E-state index in [1.54, 1.807) is 42.5 Å². The largest absolute Gasteiger partial charge is 0.422 e. The molecule has 0 atom stereocenters.